The van der Waals surface area contributed by atoms with Crippen LogP contribution in [0, 0.1) is 0 Å². The summed E-state index contributed by atoms with van der Waals surface area (Å²) >= 11 is 0. The summed E-state index contributed by atoms with van der Waals surface area (Å²) in [6.45, 7) is 0.531. The molecule has 4 rings (SSSR count). The molecule has 0 aliphatic carbocycles. The lowest BCUT2D eigenvalue weighted by Gasteiger charge is -2.24. The van der Waals surface area contributed by atoms with Crippen LogP contribution in [0.25, 0.3) is 0 Å². The van der Waals surface area contributed by atoms with Crippen LogP contribution in [-0.4, -0.2) is 16.8 Å². The van der Waals surface area contributed by atoms with Crippen LogP contribution in [0.4, 0.5) is 5.69 Å². The van der Waals surface area contributed by atoms with E-state index in [1.165, 1.54) is 0 Å². The van der Waals surface area contributed by atoms with Gasteiger partial charge in [-0.1, -0.05) is 24.3 Å². The summed E-state index contributed by atoms with van der Waals surface area (Å²) in [5.74, 6) is 0.753. The van der Waals surface area contributed by atoms with Gasteiger partial charge in [0.15, 0.2) is 0 Å². The molecule has 0 unspecified atom stereocenters. The Morgan fingerprint density at radius 2 is 1.89 bits per heavy atom. The second-order valence-corrected chi connectivity index (χ2v) is 4.64. The maximum absolute atomic E-state index is 12.5. The Labute approximate surface area is 109 Å². The van der Waals surface area contributed by atoms with E-state index in [2.05, 4.69) is 4.99 Å². The van der Waals surface area contributed by atoms with E-state index in [0.717, 1.165) is 16.8 Å². The van der Waals surface area contributed by atoms with Gasteiger partial charge in [-0.05, 0) is 17.7 Å². The molecule has 0 aromatic heterocycles. The van der Waals surface area contributed by atoms with E-state index in [4.69, 9.17) is 0 Å². The van der Waals surface area contributed by atoms with E-state index in [1.807, 2.05) is 18.2 Å². The number of aromatic hydroxyl groups is 1. The van der Waals surface area contributed by atoms with Gasteiger partial charge in [0.25, 0.3) is 5.91 Å². The minimum Gasteiger partial charge on any atom is -0.508 e. The number of carbonyl (C=O) groups excluding carboxylic acids is 1. The van der Waals surface area contributed by atoms with Crippen molar-refractivity contribution in [3.05, 3.63) is 59.2 Å². The molecular formula is C15H10N2O2. The molecule has 1 amide bonds. The molecule has 2 aliphatic heterocycles. The number of rotatable bonds is 0. The number of phenols is 1. The molecule has 19 heavy (non-hydrogen) atoms. The zero-order chi connectivity index (χ0) is 13.0. The molecule has 2 aromatic carbocycles. The summed E-state index contributed by atoms with van der Waals surface area (Å²) in [5.41, 5.74) is 3.20. The van der Waals surface area contributed by atoms with Crippen molar-refractivity contribution in [1.82, 2.24) is 0 Å². The van der Waals surface area contributed by atoms with Crippen LogP contribution in [-0.2, 0) is 6.54 Å². The molecule has 4 heteroatoms. The lowest BCUT2D eigenvalue weighted by atomic mass is 10.1. The highest BCUT2D eigenvalue weighted by molar-refractivity contribution is 6.36. The van der Waals surface area contributed by atoms with E-state index in [-0.39, 0.29) is 11.7 Å². The van der Waals surface area contributed by atoms with Crippen LogP contribution in [0.5, 0.6) is 5.75 Å². The number of hydrogen-bond acceptors (Lipinski definition) is 3. The topological polar surface area (TPSA) is 52.9 Å². The Kier molecular flexibility index (Phi) is 1.87. The zero-order valence-electron chi connectivity index (χ0n) is 10.00. The molecular weight excluding hydrogens is 240 g/mol. The lowest BCUT2D eigenvalue weighted by molar-refractivity contribution is 0.101. The highest BCUT2D eigenvalue weighted by Gasteiger charge is 2.37. The van der Waals surface area contributed by atoms with E-state index < -0.39 is 0 Å². The van der Waals surface area contributed by atoms with Gasteiger partial charge in [-0.2, -0.15) is 0 Å². The predicted octanol–water partition coefficient (Wildman–Crippen LogP) is 2.31. The molecule has 0 atom stereocenters. The Morgan fingerprint density at radius 1 is 1.11 bits per heavy atom. The molecule has 0 saturated carbocycles. The molecule has 0 bridgehead atoms. The van der Waals surface area contributed by atoms with Crippen molar-refractivity contribution >= 4 is 17.4 Å². The fraction of sp³-hybridized carbons (Fsp3) is 0.0667. The van der Waals surface area contributed by atoms with Crippen LogP contribution >= 0.6 is 0 Å². The summed E-state index contributed by atoms with van der Waals surface area (Å²) in [6, 6.07) is 12.5. The average molecular weight is 250 g/mol. The van der Waals surface area contributed by atoms with E-state index in [1.54, 1.807) is 29.2 Å². The van der Waals surface area contributed by atoms with Gasteiger partial charge in [0.2, 0.25) is 0 Å². The number of amidine groups is 1. The van der Waals surface area contributed by atoms with Gasteiger partial charge in [0.1, 0.15) is 11.6 Å². The number of aliphatic imine (C=N–C) groups is 1. The van der Waals surface area contributed by atoms with Gasteiger partial charge in [0, 0.05) is 11.6 Å². The number of hydrogen-bond donors (Lipinski definition) is 1. The summed E-state index contributed by atoms with van der Waals surface area (Å²) in [4.78, 5) is 18.5. The first-order chi connectivity index (χ1) is 9.25. The number of nitrogens with zero attached hydrogens (tertiary/aromatic N) is 2. The molecule has 2 heterocycles. The van der Waals surface area contributed by atoms with Gasteiger partial charge < -0.3 is 5.11 Å². The minimum absolute atomic E-state index is 0.0825. The number of anilines is 1. The van der Waals surface area contributed by atoms with Crippen molar-refractivity contribution in [2.45, 2.75) is 6.54 Å². The second-order valence-electron chi connectivity index (χ2n) is 4.64. The average Bonchev–Trinajstić information content (AvgIpc) is 2.73. The number of fused-ring (bicyclic) bond motifs is 5. The fourth-order valence-corrected chi connectivity index (χ4v) is 2.64. The monoisotopic (exact) mass is 250 g/mol. The van der Waals surface area contributed by atoms with E-state index in [9.17, 15) is 9.90 Å². The molecule has 2 aliphatic rings. The third kappa shape index (κ3) is 1.28. The van der Waals surface area contributed by atoms with Crippen molar-refractivity contribution in [3.8, 4) is 5.75 Å². The quantitative estimate of drug-likeness (QED) is 0.780. The smallest absolute Gasteiger partial charge is 0.264 e. The molecule has 0 fully saturated rings. The van der Waals surface area contributed by atoms with E-state index in [0.29, 0.717) is 17.9 Å². The summed E-state index contributed by atoms with van der Waals surface area (Å²) in [5, 5.41) is 9.63. The standard InChI is InChI=1S/C15H10N2O2/c18-10-6-5-9-8-16-14-11-3-1-2-4-12(11)15(19)17(14)13(9)7-10/h1-7,18H,8H2. The van der Waals surface area contributed by atoms with Crippen molar-refractivity contribution in [1.29, 1.82) is 0 Å². The maximum Gasteiger partial charge on any atom is 0.264 e. The van der Waals surface area contributed by atoms with Gasteiger partial charge in [-0.15, -0.1) is 0 Å². The molecule has 0 spiro atoms. The van der Waals surface area contributed by atoms with Gasteiger partial charge in [0.05, 0.1) is 17.8 Å². The van der Waals surface area contributed by atoms with Crippen molar-refractivity contribution in [3.63, 3.8) is 0 Å². The summed E-state index contributed by atoms with van der Waals surface area (Å²) in [7, 11) is 0. The van der Waals surface area contributed by atoms with Crippen molar-refractivity contribution in [2.75, 3.05) is 4.90 Å². The Bertz CT molecular complexity index is 750. The normalized spacial score (nSPS) is 15.7. The van der Waals surface area contributed by atoms with Crippen LogP contribution in [0.2, 0.25) is 0 Å². The zero-order valence-corrected chi connectivity index (χ0v) is 10.00. The fourth-order valence-electron chi connectivity index (χ4n) is 2.64. The number of phenolic OH excluding ortho intramolecular Hbond substituents is 1. The third-order valence-corrected chi connectivity index (χ3v) is 3.52. The number of benzene rings is 2. The molecule has 0 radical (unpaired) electrons. The van der Waals surface area contributed by atoms with Crippen LogP contribution in [0.15, 0.2) is 47.5 Å². The first-order valence-electron chi connectivity index (χ1n) is 6.06. The van der Waals surface area contributed by atoms with Crippen molar-refractivity contribution in [2.24, 2.45) is 4.99 Å². The third-order valence-electron chi connectivity index (χ3n) is 3.52. The molecule has 4 nitrogen and oxygen atoms in total. The molecule has 2 aromatic rings. The molecule has 0 saturated heterocycles. The highest BCUT2D eigenvalue weighted by Crippen LogP contribution is 2.36. The Hall–Kier alpha value is -2.62. The lowest BCUT2D eigenvalue weighted by Crippen LogP contribution is -2.33. The van der Waals surface area contributed by atoms with Gasteiger partial charge >= 0.3 is 0 Å². The summed E-state index contributed by atoms with van der Waals surface area (Å²) in [6.07, 6.45) is 0. The Morgan fingerprint density at radius 3 is 2.74 bits per heavy atom. The van der Waals surface area contributed by atoms with E-state index >= 15 is 0 Å². The molecule has 92 valence electrons. The number of amides is 1. The SMILES string of the molecule is O=C1c2ccccc2C2=NCc3ccc(O)cc3N12. The van der Waals surface area contributed by atoms with Crippen molar-refractivity contribution < 1.29 is 9.90 Å². The van der Waals surface area contributed by atoms with Gasteiger partial charge in [-0.25, -0.2) is 0 Å². The van der Waals surface area contributed by atoms with Gasteiger partial charge in [-0.3, -0.25) is 14.7 Å². The maximum atomic E-state index is 12.5. The summed E-state index contributed by atoms with van der Waals surface area (Å²) < 4.78 is 0. The first-order valence-corrected chi connectivity index (χ1v) is 6.06. The number of carbonyl (C=O) groups is 1. The minimum atomic E-state index is -0.0825. The molecule has 1 N–H and O–H groups in total. The first kappa shape index (κ1) is 10.3. The predicted molar refractivity (Wildman–Crippen MR) is 71.6 cm³/mol. The van der Waals surface area contributed by atoms with Crippen LogP contribution in [0.1, 0.15) is 21.5 Å². The Balaban J connectivity index is 1.97. The largest absolute Gasteiger partial charge is 0.508 e. The van der Waals surface area contributed by atoms with Crippen LogP contribution in [0.3, 0.4) is 0 Å². The second kappa shape index (κ2) is 3.45. The highest BCUT2D eigenvalue weighted by atomic mass is 16.3. The van der Waals surface area contributed by atoms with Crippen LogP contribution < -0.4 is 4.90 Å².